The van der Waals surface area contributed by atoms with Gasteiger partial charge in [0.25, 0.3) is 5.91 Å². The molecule has 0 saturated heterocycles. The highest BCUT2D eigenvalue weighted by atomic mass is 16.5. The second-order valence-corrected chi connectivity index (χ2v) is 7.21. The van der Waals surface area contributed by atoms with E-state index in [1.54, 1.807) is 0 Å². The third-order valence-electron chi connectivity index (χ3n) is 5.28. The summed E-state index contributed by atoms with van der Waals surface area (Å²) in [4.78, 5) is 12.7. The summed E-state index contributed by atoms with van der Waals surface area (Å²) >= 11 is 0. The molecule has 4 rings (SSSR count). The summed E-state index contributed by atoms with van der Waals surface area (Å²) in [6, 6.07) is 26.0. The molecule has 0 aliphatic heterocycles. The maximum absolute atomic E-state index is 12.7. The summed E-state index contributed by atoms with van der Waals surface area (Å²) in [5.74, 6) is 0.731. The second-order valence-electron chi connectivity index (χ2n) is 7.21. The van der Waals surface area contributed by atoms with Gasteiger partial charge in [-0.3, -0.25) is 4.79 Å². The molecule has 0 unspecified atom stereocenters. The van der Waals surface area contributed by atoms with Crippen LogP contribution in [0.1, 0.15) is 41.1 Å². The average molecular weight is 371 g/mol. The van der Waals surface area contributed by atoms with Crippen molar-refractivity contribution in [2.45, 2.75) is 31.7 Å². The number of ether oxygens (including phenoxy) is 1. The van der Waals surface area contributed by atoms with Crippen molar-refractivity contribution in [2.75, 3.05) is 6.61 Å². The molecular formula is C25H25NO2. The van der Waals surface area contributed by atoms with Crippen molar-refractivity contribution in [3.05, 3.63) is 101 Å². The van der Waals surface area contributed by atoms with E-state index in [2.05, 4.69) is 11.4 Å². The molecule has 3 heteroatoms. The van der Waals surface area contributed by atoms with E-state index in [0.29, 0.717) is 0 Å². The Morgan fingerprint density at radius 3 is 2.14 bits per heavy atom. The molecule has 3 aromatic carbocycles. The number of fused-ring (bicyclic) bond motifs is 1. The van der Waals surface area contributed by atoms with Crippen molar-refractivity contribution in [2.24, 2.45) is 0 Å². The zero-order chi connectivity index (χ0) is 19.2. The third kappa shape index (κ3) is 4.25. The lowest BCUT2D eigenvalue weighted by molar-refractivity contribution is -0.123. The molecule has 142 valence electrons. The van der Waals surface area contributed by atoms with E-state index >= 15 is 0 Å². The van der Waals surface area contributed by atoms with Crippen LogP contribution in [0.5, 0.6) is 5.75 Å². The Morgan fingerprint density at radius 1 is 0.821 bits per heavy atom. The van der Waals surface area contributed by atoms with Crippen LogP contribution in [0.25, 0.3) is 0 Å². The van der Waals surface area contributed by atoms with Gasteiger partial charge in [0.05, 0.1) is 6.04 Å². The molecule has 0 bridgehead atoms. The number of carbonyl (C=O) groups is 1. The largest absolute Gasteiger partial charge is 0.483 e. The monoisotopic (exact) mass is 371 g/mol. The Labute approximate surface area is 166 Å². The van der Waals surface area contributed by atoms with Crippen LogP contribution >= 0.6 is 0 Å². The molecule has 0 saturated carbocycles. The molecule has 0 spiro atoms. The van der Waals surface area contributed by atoms with E-state index in [1.807, 2.05) is 72.8 Å². The molecule has 1 aliphatic carbocycles. The van der Waals surface area contributed by atoms with E-state index in [4.69, 9.17) is 4.74 Å². The van der Waals surface area contributed by atoms with Crippen LogP contribution in [0.4, 0.5) is 0 Å². The number of rotatable bonds is 6. The van der Waals surface area contributed by atoms with Crippen LogP contribution in [-0.2, 0) is 17.6 Å². The fraction of sp³-hybridized carbons (Fsp3) is 0.240. The number of hydrogen-bond donors (Lipinski definition) is 1. The second kappa shape index (κ2) is 8.75. The lowest BCUT2D eigenvalue weighted by atomic mass is 9.91. The first-order valence-electron chi connectivity index (χ1n) is 9.94. The maximum atomic E-state index is 12.7. The van der Waals surface area contributed by atoms with Crippen LogP contribution in [0.2, 0.25) is 0 Å². The minimum absolute atomic E-state index is 0.0205. The zero-order valence-electron chi connectivity index (χ0n) is 15.9. The van der Waals surface area contributed by atoms with Gasteiger partial charge in [0, 0.05) is 0 Å². The summed E-state index contributed by atoms with van der Waals surface area (Å²) in [6.07, 6.45) is 4.54. The fourth-order valence-electron chi connectivity index (χ4n) is 3.88. The van der Waals surface area contributed by atoms with Gasteiger partial charge >= 0.3 is 0 Å². The van der Waals surface area contributed by atoms with Gasteiger partial charge in [-0.25, -0.2) is 0 Å². The van der Waals surface area contributed by atoms with Gasteiger partial charge in [-0.1, -0.05) is 72.8 Å². The number of nitrogens with one attached hydrogen (secondary N) is 1. The van der Waals surface area contributed by atoms with Crippen molar-refractivity contribution >= 4 is 5.91 Å². The minimum atomic E-state index is -0.191. The number of aryl methyl sites for hydroxylation is 1. The number of benzene rings is 3. The summed E-state index contributed by atoms with van der Waals surface area (Å²) < 4.78 is 5.93. The van der Waals surface area contributed by atoms with Gasteiger partial charge < -0.3 is 10.1 Å². The molecule has 0 radical (unpaired) electrons. The van der Waals surface area contributed by atoms with Gasteiger partial charge in [-0.2, -0.15) is 0 Å². The standard InChI is InChI=1S/C25H25NO2/c27-24(18-28-23-17-9-15-19-10-7-8-16-22(19)23)26-25(20-11-3-1-4-12-20)21-13-5-2-6-14-21/h1-6,9,11-15,17,25H,7-8,10,16,18H2,(H,26,27). The fourth-order valence-corrected chi connectivity index (χ4v) is 3.88. The smallest absolute Gasteiger partial charge is 0.258 e. The minimum Gasteiger partial charge on any atom is -0.483 e. The highest BCUT2D eigenvalue weighted by Gasteiger charge is 2.18. The number of amides is 1. The summed E-state index contributed by atoms with van der Waals surface area (Å²) in [7, 11) is 0. The van der Waals surface area contributed by atoms with Crippen LogP contribution in [0.3, 0.4) is 0 Å². The predicted molar refractivity (Wildman–Crippen MR) is 111 cm³/mol. The molecule has 3 aromatic rings. The van der Waals surface area contributed by atoms with Crippen LogP contribution in [0.15, 0.2) is 78.9 Å². The molecule has 28 heavy (non-hydrogen) atoms. The highest BCUT2D eigenvalue weighted by molar-refractivity contribution is 5.78. The predicted octanol–water partition coefficient (Wildman–Crippen LogP) is 4.85. The lowest BCUT2D eigenvalue weighted by Gasteiger charge is -2.21. The van der Waals surface area contributed by atoms with Crippen molar-refractivity contribution in [1.82, 2.24) is 5.32 Å². The Morgan fingerprint density at radius 2 is 1.46 bits per heavy atom. The molecule has 0 heterocycles. The Kier molecular flexibility index (Phi) is 5.72. The molecule has 0 fully saturated rings. The molecule has 1 N–H and O–H groups in total. The van der Waals surface area contributed by atoms with Gasteiger partial charge in [0.2, 0.25) is 0 Å². The van der Waals surface area contributed by atoms with Gasteiger partial charge in [0.1, 0.15) is 5.75 Å². The van der Waals surface area contributed by atoms with E-state index in [1.165, 1.54) is 24.0 Å². The van der Waals surface area contributed by atoms with Crippen molar-refractivity contribution < 1.29 is 9.53 Å². The lowest BCUT2D eigenvalue weighted by Crippen LogP contribution is -2.33. The van der Waals surface area contributed by atoms with Crippen molar-refractivity contribution in [1.29, 1.82) is 0 Å². The van der Waals surface area contributed by atoms with Crippen LogP contribution in [0, 0.1) is 0 Å². The normalized spacial score (nSPS) is 13.0. The summed E-state index contributed by atoms with van der Waals surface area (Å²) in [5, 5.41) is 3.14. The highest BCUT2D eigenvalue weighted by Crippen LogP contribution is 2.29. The Hall–Kier alpha value is -3.07. The first-order valence-corrected chi connectivity index (χ1v) is 9.94. The third-order valence-corrected chi connectivity index (χ3v) is 5.28. The molecule has 1 amide bonds. The first-order chi connectivity index (χ1) is 13.8. The zero-order valence-corrected chi connectivity index (χ0v) is 15.9. The van der Waals surface area contributed by atoms with E-state index in [-0.39, 0.29) is 18.6 Å². The molecule has 0 aromatic heterocycles. The maximum Gasteiger partial charge on any atom is 0.258 e. The van der Waals surface area contributed by atoms with Crippen molar-refractivity contribution in [3.63, 3.8) is 0 Å². The average Bonchev–Trinajstić information content (AvgIpc) is 2.77. The topological polar surface area (TPSA) is 38.3 Å². The molecular weight excluding hydrogens is 346 g/mol. The Bertz CT molecular complexity index is 882. The van der Waals surface area contributed by atoms with Crippen LogP contribution in [-0.4, -0.2) is 12.5 Å². The van der Waals surface area contributed by atoms with E-state index in [0.717, 1.165) is 29.7 Å². The molecule has 1 aliphatic rings. The van der Waals surface area contributed by atoms with Gasteiger partial charge in [-0.15, -0.1) is 0 Å². The quantitative estimate of drug-likeness (QED) is 0.673. The van der Waals surface area contributed by atoms with E-state index < -0.39 is 0 Å². The Balaban J connectivity index is 1.47. The summed E-state index contributed by atoms with van der Waals surface area (Å²) in [6.45, 7) is 0.0205. The van der Waals surface area contributed by atoms with Gasteiger partial charge in [-0.05, 0) is 54.0 Å². The summed E-state index contributed by atoms with van der Waals surface area (Å²) in [5.41, 5.74) is 4.73. The van der Waals surface area contributed by atoms with Gasteiger partial charge in [0.15, 0.2) is 6.61 Å². The number of carbonyl (C=O) groups excluding carboxylic acids is 1. The van der Waals surface area contributed by atoms with Crippen LogP contribution < -0.4 is 10.1 Å². The van der Waals surface area contributed by atoms with E-state index in [9.17, 15) is 4.79 Å². The number of hydrogen-bond acceptors (Lipinski definition) is 2. The first kappa shape index (κ1) is 18.3. The van der Waals surface area contributed by atoms with Crippen molar-refractivity contribution in [3.8, 4) is 5.75 Å². The molecule has 0 atom stereocenters. The SMILES string of the molecule is O=C(COc1cccc2c1CCCC2)NC(c1ccccc1)c1ccccc1. The molecule has 3 nitrogen and oxygen atoms in total.